The van der Waals surface area contributed by atoms with E-state index in [1.54, 1.807) is 7.11 Å². The highest BCUT2D eigenvalue weighted by Crippen LogP contribution is 2.20. The molecule has 26 heavy (non-hydrogen) atoms. The second kappa shape index (κ2) is 7.72. The van der Waals surface area contributed by atoms with Gasteiger partial charge in [-0.05, 0) is 31.2 Å². The molecule has 1 aliphatic rings. The van der Waals surface area contributed by atoms with Gasteiger partial charge in [-0.2, -0.15) is 0 Å². The number of piperazine rings is 1. The number of methoxy groups -OCH3 is 1. The highest BCUT2D eigenvalue weighted by atomic mass is 16.5. The highest BCUT2D eigenvalue weighted by Gasteiger charge is 2.23. The van der Waals surface area contributed by atoms with Gasteiger partial charge >= 0.3 is 0 Å². The van der Waals surface area contributed by atoms with Crippen molar-refractivity contribution in [2.75, 3.05) is 38.2 Å². The molecule has 0 radical (unpaired) electrons. The fraction of sp³-hybridized carbons (Fsp3) is 0.450. The highest BCUT2D eigenvalue weighted by molar-refractivity contribution is 5.94. The van der Waals surface area contributed by atoms with E-state index in [4.69, 9.17) is 9.72 Å². The lowest BCUT2D eigenvalue weighted by molar-refractivity contribution is 0.0746. The Hall–Kier alpha value is -2.63. The zero-order valence-corrected chi connectivity index (χ0v) is 15.9. The fourth-order valence-corrected chi connectivity index (χ4v) is 3.05. The van der Waals surface area contributed by atoms with Crippen LogP contribution in [0.25, 0.3) is 0 Å². The first kappa shape index (κ1) is 18.2. The van der Waals surface area contributed by atoms with E-state index in [1.165, 1.54) is 0 Å². The number of hydrogen-bond acceptors (Lipinski definition) is 5. The van der Waals surface area contributed by atoms with Crippen LogP contribution >= 0.6 is 0 Å². The molecule has 0 N–H and O–H groups in total. The van der Waals surface area contributed by atoms with Gasteiger partial charge < -0.3 is 14.5 Å². The van der Waals surface area contributed by atoms with Gasteiger partial charge in [0.25, 0.3) is 5.91 Å². The Labute approximate surface area is 154 Å². The molecule has 0 bridgehead atoms. The van der Waals surface area contributed by atoms with Crippen LogP contribution in [0.4, 0.5) is 5.82 Å². The fourth-order valence-electron chi connectivity index (χ4n) is 3.05. The van der Waals surface area contributed by atoms with Crippen molar-refractivity contribution >= 4 is 11.7 Å². The molecule has 0 aliphatic carbocycles. The standard InChI is InChI=1S/C20H26N4O2/c1-14(2)19-21-15(3)13-18(22-19)23-9-11-24(12-10-23)20(25)16-5-7-17(26-4)8-6-16/h5-8,13-14H,9-12H2,1-4H3. The number of carbonyl (C=O) groups excluding carboxylic acids is 1. The third kappa shape index (κ3) is 3.95. The largest absolute Gasteiger partial charge is 0.497 e. The van der Waals surface area contributed by atoms with Crippen molar-refractivity contribution in [3.8, 4) is 5.75 Å². The molecule has 3 rings (SSSR count). The maximum atomic E-state index is 12.7. The molecule has 0 spiro atoms. The summed E-state index contributed by atoms with van der Waals surface area (Å²) in [5, 5.41) is 0. The Balaban J connectivity index is 1.66. The third-order valence-corrected chi connectivity index (χ3v) is 4.60. The maximum absolute atomic E-state index is 12.7. The Morgan fingerprint density at radius 2 is 1.73 bits per heavy atom. The minimum Gasteiger partial charge on any atom is -0.497 e. The van der Waals surface area contributed by atoms with E-state index in [0.717, 1.165) is 36.2 Å². The van der Waals surface area contributed by atoms with Crippen molar-refractivity contribution in [3.63, 3.8) is 0 Å². The Morgan fingerprint density at radius 3 is 2.31 bits per heavy atom. The molecule has 1 fully saturated rings. The summed E-state index contributed by atoms with van der Waals surface area (Å²) in [7, 11) is 1.62. The Morgan fingerprint density at radius 1 is 1.08 bits per heavy atom. The van der Waals surface area contributed by atoms with Crippen molar-refractivity contribution in [3.05, 3.63) is 47.4 Å². The molecule has 1 amide bonds. The molecule has 0 atom stereocenters. The summed E-state index contributed by atoms with van der Waals surface area (Å²) in [4.78, 5) is 26.0. The molecule has 1 aromatic carbocycles. The average Bonchev–Trinajstić information content (AvgIpc) is 2.67. The zero-order chi connectivity index (χ0) is 18.7. The van der Waals surface area contributed by atoms with E-state index in [0.29, 0.717) is 24.6 Å². The molecule has 1 aromatic heterocycles. The second-order valence-corrected chi connectivity index (χ2v) is 6.89. The van der Waals surface area contributed by atoms with E-state index >= 15 is 0 Å². The van der Waals surface area contributed by atoms with Gasteiger partial charge in [-0.25, -0.2) is 9.97 Å². The van der Waals surface area contributed by atoms with Crippen LogP contribution in [0.2, 0.25) is 0 Å². The molecule has 0 unspecified atom stereocenters. The van der Waals surface area contributed by atoms with E-state index in [9.17, 15) is 4.79 Å². The minimum absolute atomic E-state index is 0.0639. The average molecular weight is 354 g/mol. The van der Waals surface area contributed by atoms with Crippen LogP contribution in [0.1, 0.15) is 41.6 Å². The number of amides is 1. The summed E-state index contributed by atoms with van der Waals surface area (Å²) in [6.07, 6.45) is 0. The first-order valence-electron chi connectivity index (χ1n) is 9.02. The van der Waals surface area contributed by atoms with Crippen molar-refractivity contribution in [2.24, 2.45) is 0 Å². The molecular weight excluding hydrogens is 328 g/mol. The lowest BCUT2D eigenvalue weighted by atomic mass is 10.1. The van der Waals surface area contributed by atoms with E-state index in [-0.39, 0.29) is 5.91 Å². The number of aromatic nitrogens is 2. The summed E-state index contributed by atoms with van der Waals surface area (Å²) >= 11 is 0. The van der Waals surface area contributed by atoms with Crippen molar-refractivity contribution in [2.45, 2.75) is 26.7 Å². The van der Waals surface area contributed by atoms with Gasteiger partial charge in [0.2, 0.25) is 0 Å². The van der Waals surface area contributed by atoms with E-state index in [2.05, 4.69) is 23.7 Å². The number of aryl methyl sites for hydroxylation is 1. The lowest BCUT2D eigenvalue weighted by Gasteiger charge is -2.35. The molecule has 2 aromatic rings. The molecule has 2 heterocycles. The summed E-state index contributed by atoms with van der Waals surface area (Å²) in [5.41, 5.74) is 1.68. The third-order valence-electron chi connectivity index (χ3n) is 4.60. The van der Waals surface area contributed by atoms with Gasteiger partial charge in [-0.15, -0.1) is 0 Å². The quantitative estimate of drug-likeness (QED) is 0.845. The van der Waals surface area contributed by atoms with Crippen molar-refractivity contribution < 1.29 is 9.53 Å². The monoisotopic (exact) mass is 354 g/mol. The van der Waals surface area contributed by atoms with Gasteiger partial charge in [-0.3, -0.25) is 4.79 Å². The number of anilines is 1. The predicted molar refractivity (Wildman–Crippen MR) is 102 cm³/mol. The number of nitrogens with zero attached hydrogens (tertiary/aromatic N) is 4. The van der Waals surface area contributed by atoms with Crippen molar-refractivity contribution in [1.29, 1.82) is 0 Å². The summed E-state index contributed by atoms with van der Waals surface area (Å²) < 4.78 is 5.15. The van der Waals surface area contributed by atoms with Gasteiger partial charge in [0.15, 0.2) is 0 Å². The lowest BCUT2D eigenvalue weighted by Crippen LogP contribution is -2.49. The van der Waals surface area contributed by atoms with Crippen LogP contribution in [0.15, 0.2) is 30.3 Å². The molecule has 1 aliphatic heterocycles. The van der Waals surface area contributed by atoms with Gasteiger partial charge in [0, 0.05) is 49.4 Å². The zero-order valence-electron chi connectivity index (χ0n) is 15.9. The number of carbonyl (C=O) groups is 1. The maximum Gasteiger partial charge on any atom is 0.253 e. The predicted octanol–water partition coefficient (Wildman–Crippen LogP) is 2.88. The SMILES string of the molecule is COc1ccc(C(=O)N2CCN(c3cc(C)nc(C(C)C)n3)CC2)cc1. The molecular formula is C20H26N4O2. The van der Waals surface area contributed by atoms with Crippen LogP contribution in [-0.4, -0.2) is 54.1 Å². The topological polar surface area (TPSA) is 58.6 Å². The minimum atomic E-state index is 0.0639. The number of hydrogen-bond donors (Lipinski definition) is 0. The number of ether oxygens (including phenoxy) is 1. The first-order chi connectivity index (χ1) is 12.5. The van der Waals surface area contributed by atoms with E-state index < -0.39 is 0 Å². The van der Waals surface area contributed by atoms with Crippen LogP contribution in [0, 0.1) is 6.92 Å². The Kier molecular flexibility index (Phi) is 5.40. The molecule has 0 saturated carbocycles. The van der Waals surface area contributed by atoms with Crippen LogP contribution < -0.4 is 9.64 Å². The molecule has 6 nitrogen and oxygen atoms in total. The molecule has 6 heteroatoms. The normalized spacial score (nSPS) is 14.7. The Bertz CT molecular complexity index is 766. The number of benzene rings is 1. The molecule has 138 valence electrons. The summed E-state index contributed by atoms with van der Waals surface area (Å²) in [6, 6.07) is 9.29. The van der Waals surface area contributed by atoms with Gasteiger partial charge in [0.05, 0.1) is 7.11 Å². The smallest absolute Gasteiger partial charge is 0.253 e. The second-order valence-electron chi connectivity index (χ2n) is 6.89. The number of rotatable bonds is 4. The van der Waals surface area contributed by atoms with Gasteiger partial charge in [0.1, 0.15) is 17.4 Å². The summed E-state index contributed by atoms with van der Waals surface area (Å²) in [6.45, 7) is 9.12. The molecule has 1 saturated heterocycles. The van der Waals surface area contributed by atoms with Crippen LogP contribution in [0.5, 0.6) is 5.75 Å². The van der Waals surface area contributed by atoms with Crippen LogP contribution in [-0.2, 0) is 0 Å². The first-order valence-corrected chi connectivity index (χ1v) is 9.02. The van der Waals surface area contributed by atoms with E-state index in [1.807, 2.05) is 42.2 Å². The van der Waals surface area contributed by atoms with Crippen LogP contribution in [0.3, 0.4) is 0 Å². The van der Waals surface area contributed by atoms with Crippen molar-refractivity contribution in [1.82, 2.24) is 14.9 Å². The van der Waals surface area contributed by atoms with Gasteiger partial charge in [-0.1, -0.05) is 13.8 Å². The summed E-state index contributed by atoms with van der Waals surface area (Å²) in [5.74, 6) is 2.95.